The molecular formula is C12H14F3N3. The van der Waals surface area contributed by atoms with Crippen LogP contribution in [0.5, 0.6) is 0 Å². The third-order valence-corrected chi connectivity index (χ3v) is 2.96. The molecule has 0 spiro atoms. The number of halogens is 3. The standard InChI is InChI=1S/C12H14F3N3/c1-11(2,6-16)10-17-8-4-3-7(12(13,14)15)5-9(8)18-10/h3-5H,6,16H2,1-2H3,(H,17,18). The van der Waals surface area contributed by atoms with Crippen LogP contribution in [0.15, 0.2) is 18.2 Å². The second-order valence-electron chi connectivity index (χ2n) is 4.90. The Hall–Kier alpha value is -1.56. The van der Waals surface area contributed by atoms with Gasteiger partial charge in [0.1, 0.15) is 5.82 Å². The van der Waals surface area contributed by atoms with Crippen LogP contribution < -0.4 is 5.73 Å². The Morgan fingerprint density at radius 2 is 1.94 bits per heavy atom. The lowest BCUT2D eigenvalue weighted by Gasteiger charge is -2.18. The molecule has 0 bridgehead atoms. The molecule has 3 nitrogen and oxygen atoms in total. The predicted molar refractivity (Wildman–Crippen MR) is 63.2 cm³/mol. The number of nitrogens with zero attached hydrogens (tertiary/aromatic N) is 1. The van der Waals surface area contributed by atoms with E-state index in [2.05, 4.69) is 9.97 Å². The highest BCUT2D eigenvalue weighted by molar-refractivity contribution is 5.76. The molecule has 0 aliphatic heterocycles. The van der Waals surface area contributed by atoms with Crippen molar-refractivity contribution < 1.29 is 13.2 Å². The molecule has 0 unspecified atom stereocenters. The average Bonchev–Trinajstić information content (AvgIpc) is 2.71. The van der Waals surface area contributed by atoms with Crippen LogP contribution in [0.2, 0.25) is 0 Å². The molecule has 0 saturated heterocycles. The molecule has 0 saturated carbocycles. The van der Waals surface area contributed by atoms with Crippen molar-refractivity contribution in [2.75, 3.05) is 6.54 Å². The number of aromatic nitrogens is 2. The summed E-state index contributed by atoms with van der Waals surface area (Å²) < 4.78 is 37.7. The minimum Gasteiger partial charge on any atom is -0.341 e. The third-order valence-electron chi connectivity index (χ3n) is 2.96. The summed E-state index contributed by atoms with van der Waals surface area (Å²) in [5.74, 6) is 0.597. The van der Waals surface area contributed by atoms with Crippen molar-refractivity contribution in [2.45, 2.75) is 25.4 Å². The molecule has 0 radical (unpaired) electrons. The second-order valence-corrected chi connectivity index (χ2v) is 4.90. The number of imidazole rings is 1. The lowest BCUT2D eigenvalue weighted by molar-refractivity contribution is -0.137. The van der Waals surface area contributed by atoms with Gasteiger partial charge in [-0.1, -0.05) is 13.8 Å². The molecule has 0 aliphatic rings. The molecule has 2 aromatic rings. The molecule has 0 atom stereocenters. The first-order valence-corrected chi connectivity index (χ1v) is 5.51. The monoisotopic (exact) mass is 257 g/mol. The van der Waals surface area contributed by atoms with E-state index in [1.807, 2.05) is 13.8 Å². The Morgan fingerprint density at radius 1 is 1.28 bits per heavy atom. The average molecular weight is 257 g/mol. The van der Waals surface area contributed by atoms with E-state index in [1.54, 1.807) is 0 Å². The molecule has 0 amide bonds. The molecule has 6 heteroatoms. The van der Waals surface area contributed by atoms with Crippen LogP contribution in [0.4, 0.5) is 13.2 Å². The van der Waals surface area contributed by atoms with Crippen molar-refractivity contribution in [1.82, 2.24) is 9.97 Å². The van der Waals surface area contributed by atoms with Crippen molar-refractivity contribution in [3.05, 3.63) is 29.6 Å². The Balaban J connectivity index is 2.53. The fraction of sp³-hybridized carbons (Fsp3) is 0.417. The van der Waals surface area contributed by atoms with E-state index in [-0.39, 0.29) is 0 Å². The number of aromatic amines is 1. The van der Waals surface area contributed by atoms with Crippen molar-refractivity contribution in [3.8, 4) is 0 Å². The van der Waals surface area contributed by atoms with Crippen molar-refractivity contribution in [1.29, 1.82) is 0 Å². The molecule has 0 fully saturated rings. The van der Waals surface area contributed by atoms with E-state index in [1.165, 1.54) is 6.07 Å². The number of hydrogen-bond acceptors (Lipinski definition) is 2. The molecule has 1 aromatic carbocycles. The molecule has 18 heavy (non-hydrogen) atoms. The van der Waals surface area contributed by atoms with Gasteiger partial charge in [-0.3, -0.25) is 0 Å². The number of nitrogens with one attached hydrogen (secondary N) is 1. The van der Waals surface area contributed by atoms with Gasteiger partial charge in [0, 0.05) is 12.0 Å². The third kappa shape index (κ3) is 2.20. The summed E-state index contributed by atoms with van der Waals surface area (Å²) in [6.45, 7) is 4.13. The fourth-order valence-electron chi connectivity index (χ4n) is 1.60. The molecule has 0 aliphatic carbocycles. The number of alkyl halides is 3. The van der Waals surface area contributed by atoms with Gasteiger partial charge in [0.2, 0.25) is 0 Å². The summed E-state index contributed by atoms with van der Waals surface area (Å²) in [7, 11) is 0. The summed E-state index contributed by atoms with van der Waals surface area (Å²) in [6, 6.07) is 3.46. The minimum absolute atomic E-state index is 0.360. The van der Waals surface area contributed by atoms with Crippen LogP contribution in [0.1, 0.15) is 25.2 Å². The number of rotatable bonds is 2. The number of nitrogens with two attached hydrogens (primary N) is 1. The fourth-order valence-corrected chi connectivity index (χ4v) is 1.60. The quantitative estimate of drug-likeness (QED) is 0.869. The van der Waals surface area contributed by atoms with Gasteiger partial charge in [-0.05, 0) is 18.2 Å². The Morgan fingerprint density at radius 3 is 2.50 bits per heavy atom. The van der Waals surface area contributed by atoms with Crippen molar-refractivity contribution in [2.24, 2.45) is 5.73 Å². The minimum atomic E-state index is -4.34. The van der Waals surface area contributed by atoms with E-state index in [9.17, 15) is 13.2 Å². The molecule has 2 rings (SSSR count). The van der Waals surface area contributed by atoms with Gasteiger partial charge in [-0.25, -0.2) is 4.98 Å². The molecule has 98 valence electrons. The first kappa shape index (κ1) is 12.9. The van der Waals surface area contributed by atoms with Crippen molar-refractivity contribution in [3.63, 3.8) is 0 Å². The Kier molecular flexibility index (Phi) is 2.85. The van der Waals surface area contributed by atoms with Gasteiger partial charge in [0.25, 0.3) is 0 Å². The predicted octanol–water partition coefficient (Wildman–Crippen LogP) is 2.82. The first-order chi connectivity index (χ1) is 8.24. The highest BCUT2D eigenvalue weighted by atomic mass is 19.4. The smallest absolute Gasteiger partial charge is 0.341 e. The second kappa shape index (κ2) is 3.98. The zero-order chi connectivity index (χ0) is 13.6. The molecule has 1 heterocycles. The van der Waals surface area contributed by atoms with Crippen LogP contribution in [0.3, 0.4) is 0 Å². The van der Waals surface area contributed by atoms with Gasteiger partial charge in [-0.15, -0.1) is 0 Å². The van der Waals surface area contributed by atoms with Gasteiger partial charge in [-0.2, -0.15) is 13.2 Å². The summed E-state index contributed by atoms with van der Waals surface area (Å²) in [4.78, 5) is 7.18. The number of H-pyrrole nitrogens is 1. The summed E-state index contributed by atoms with van der Waals surface area (Å²) in [5.41, 5.74) is 5.43. The lowest BCUT2D eigenvalue weighted by atomic mass is 9.93. The molecule has 1 aromatic heterocycles. The number of benzene rings is 1. The maximum absolute atomic E-state index is 12.6. The topological polar surface area (TPSA) is 54.7 Å². The van der Waals surface area contributed by atoms with Gasteiger partial charge in [0.05, 0.1) is 16.6 Å². The van der Waals surface area contributed by atoms with Crippen LogP contribution >= 0.6 is 0 Å². The summed E-state index contributed by atoms with van der Waals surface area (Å²) >= 11 is 0. The van der Waals surface area contributed by atoms with E-state index in [0.717, 1.165) is 12.1 Å². The first-order valence-electron chi connectivity index (χ1n) is 5.51. The Bertz CT molecular complexity index is 569. The summed E-state index contributed by atoms with van der Waals surface area (Å²) in [6.07, 6.45) is -4.34. The molecule has 3 N–H and O–H groups in total. The SMILES string of the molecule is CC(C)(CN)c1nc2ccc(C(F)(F)F)cc2[nH]1. The van der Waals surface area contributed by atoms with Crippen LogP contribution in [0.25, 0.3) is 11.0 Å². The van der Waals surface area contributed by atoms with Gasteiger partial charge >= 0.3 is 6.18 Å². The van der Waals surface area contributed by atoms with Gasteiger partial charge < -0.3 is 10.7 Å². The largest absolute Gasteiger partial charge is 0.416 e. The van der Waals surface area contributed by atoms with E-state index in [0.29, 0.717) is 23.4 Å². The highest BCUT2D eigenvalue weighted by Gasteiger charge is 2.31. The number of hydrogen-bond donors (Lipinski definition) is 2. The maximum Gasteiger partial charge on any atom is 0.416 e. The summed E-state index contributed by atoms with van der Waals surface area (Å²) in [5, 5.41) is 0. The lowest BCUT2D eigenvalue weighted by Crippen LogP contribution is -2.29. The zero-order valence-electron chi connectivity index (χ0n) is 10.1. The van der Waals surface area contributed by atoms with Crippen LogP contribution in [-0.4, -0.2) is 16.5 Å². The normalized spacial score (nSPS) is 13.2. The number of fused-ring (bicyclic) bond motifs is 1. The van der Waals surface area contributed by atoms with Crippen LogP contribution in [0, 0.1) is 0 Å². The van der Waals surface area contributed by atoms with Gasteiger partial charge in [0.15, 0.2) is 0 Å². The zero-order valence-corrected chi connectivity index (χ0v) is 10.1. The highest BCUT2D eigenvalue weighted by Crippen LogP contribution is 2.31. The molecular weight excluding hydrogens is 243 g/mol. The van der Waals surface area contributed by atoms with E-state index in [4.69, 9.17) is 5.73 Å². The van der Waals surface area contributed by atoms with E-state index >= 15 is 0 Å². The van der Waals surface area contributed by atoms with E-state index < -0.39 is 17.2 Å². The maximum atomic E-state index is 12.6. The Labute approximate surface area is 102 Å². The van der Waals surface area contributed by atoms with Crippen LogP contribution in [-0.2, 0) is 11.6 Å². The van der Waals surface area contributed by atoms with Crippen molar-refractivity contribution >= 4 is 11.0 Å².